The molecule has 0 bridgehead atoms. The van der Waals surface area contributed by atoms with Gasteiger partial charge in [-0.3, -0.25) is 4.79 Å². The van der Waals surface area contributed by atoms with Crippen LogP contribution in [0.2, 0.25) is 0 Å². The Morgan fingerprint density at radius 2 is 2.06 bits per heavy atom. The zero-order chi connectivity index (χ0) is 22.5. The molecule has 12 nitrogen and oxygen atoms in total. The van der Waals surface area contributed by atoms with Crippen LogP contribution in [0.15, 0.2) is 27.2 Å². The van der Waals surface area contributed by atoms with Gasteiger partial charge in [-0.2, -0.15) is 9.67 Å². The number of ether oxygens (including phenoxy) is 2. The maximum Gasteiger partial charge on any atom is 0.404 e. The molecule has 0 saturated heterocycles. The van der Waals surface area contributed by atoms with Crippen LogP contribution >= 0.6 is 15.9 Å². The summed E-state index contributed by atoms with van der Waals surface area (Å²) in [6, 6.07) is 5.50. The molecule has 0 atom stereocenters. The lowest BCUT2D eigenvalue weighted by molar-refractivity contribution is -0.390. The SMILES string of the molecule is COc1ccc(CCNC(=O)c2nc(Cn3nc([N+](=O)[O-])c(Br)c3C)no2)cc1OC. The van der Waals surface area contributed by atoms with Crippen LogP contribution in [0.1, 0.15) is 27.8 Å². The standard InChI is InChI=1S/C18H19BrN6O6/c1-10-15(19)16(25(27)28)22-24(10)9-14-21-18(31-23-14)17(26)20-7-6-11-4-5-12(29-2)13(8-11)30-3/h4-5,8H,6-7,9H2,1-3H3,(H,20,26). The van der Waals surface area contributed by atoms with Gasteiger partial charge in [-0.25, -0.2) is 0 Å². The number of benzene rings is 1. The average molecular weight is 495 g/mol. The van der Waals surface area contributed by atoms with E-state index < -0.39 is 10.8 Å². The number of nitrogens with zero attached hydrogens (tertiary/aromatic N) is 5. The second kappa shape index (κ2) is 9.55. The second-order valence-electron chi connectivity index (χ2n) is 6.35. The minimum Gasteiger partial charge on any atom is -0.493 e. The molecule has 0 spiro atoms. The molecule has 164 valence electrons. The first kappa shape index (κ1) is 22.2. The van der Waals surface area contributed by atoms with Crippen LogP contribution in [0.4, 0.5) is 5.82 Å². The highest BCUT2D eigenvalue weighted by Crippen LogP contribution is 2.28. The van der Waals surface area contributed by atoms with Crippen LogP contribution in [-0.2, 0) is 13.0 Å². The zero-order valence-corrected chi connectivity index (χ0v) is 18.5. The molecule has 1 aromatic carbocycles. The number of amides is 1. The van der Waals surface area contributed by atoms with Crippen LogP contribution in [0.5, 0.6) is 11.5 Å². The summed E-state index contributed by atoms with van der Waals surface area (Å²) < 4.78 is 17.1. The first-order chi connectivity index (χ1) is 14.8. The molecular formula is C18H19BrN6O6. The first-order valence-electron chi connectivity index (χ1n) is 9.03. The highest BCUT2D eigenvalue weighted by Gasteiger charge is 2.25. The van der Waals surface area contributed by atoms with E-state index in [9.17, 15) is 14.9 Å². The Kier molecular flexibility index (Phi) is 6.84. The Bertz CT molecular complexity index is 1110. The Labute approximate surface area is 184 Å². The van der Waals surface area contributed by atoms with Gasteiger partial charge in [0.15, 0.2) is 17.3 Å². The quantitative estimate of drug-likeness (QED) is 0.349. The lowest BCUT2D eigenvalue weighted by Crippen LogP contribution is -2.26. The fourth-order valence-corrected chi connectivity index (χ4v) is 3.18. The van der Waals surface area contributed by atoms with E-state index in [1.54, 1.807) is 27.2 Å². The lowest BCUT2D eigenvalue weighted by atomic mass is 10.1. The summed E-state index contributed by atoms with van der Waals surface area (Å²) in [5.41, 5.74) is 1.47. The van der Waals surface area contributed by atoms with Gasteiger partial charge in [-0.05, 0) is 51.9 Å². The normalized spacial score (nSPS) is 10.7. The molecule has 0 radical (unpaired) electrons. The van der Waals surface area contributed by atoms with Crippen molar-refractivity contribution in [3.8, 4) is 11.5 Å². The predicted octanol–water partition coefficient (Wildman–Crippen LogP) is 2.28. The van der Waals surface area contributed by atoms with E-state index in [0.717, 1.165) is 5.56 Å². The van der Waals surface area contributed by atoms with Gasteiger partial charge in [0.05, 0.1) is 25.0 Å². The van der Waals surface area contributed by atoms with Crippen molar-refractivity contribution in [3.63, 3.8) is 0 Å². The van der Waals surface area contributed by atoms with Crippen molar-refractivity contribution in [2.24, 2.45) is 0 Å². The lowest BCUT2D eigenvalue weighted by Gasteiger charge is -2.09. The predicted molar refractivity (Wildman–Crippen MR) is 110 cm³/mol. The van der Waals surface area contributed by atoms with E-state index in [1.165, 1.54) is 4.68 Å². The fraction of sp³-hybridized carbons (Fsp3) is 0.333. The maximum absolute atomic E-state index is 12.3. The summed E-state index contributed by atoms with van der Waals surface area (Å²) in [6.45, 7) is 2.01. The number of carbonyl (C=O) groups excluding carboxylic acids is 1. The molecule has 2 aromatic heterocycles. The topological polar surface area (TPSA) is 147 Å². The van der Waals surface area contributed by atoms with Gasteiger partial charge in [0.1, 0.15) is 11.0 Å². The average Bonchev–Trinajstić information content (AvgIpc) is 3.34. The fourth-order valence-electron chi connectivity index (χ4n) is 2.76. The van der Waals surface area contributed by atoms with E-state index in [2.05, 4.69) is 36.5 Å². The van der Waals surface area contributed by atoms with Gasteiger partial charge < -0.3 is 29.4 Å². The van der Waals surface area contributed by atoms with Crippen LogP contribution in [0, 0.1) is 17.0 Å². The molecule has 31 heavy (non-hydrogen) atoms. The molecule has 2 heterocycles. The highest BCUT2D eigenvalue weighted by molar-refractivity contribution is 9.10. The molecule has 0 aliphatic rings. The largest absolute Gasteiger partial charge is 0.493 e. The number of methoxy groups -OCH3 is 2. The number of hydrogen-bond acceptors (Lipinski definition) is 9. The van der Waals surface area contributed by atoms with Gasteiger partial charge in [-0.15, -0.1) is 0 Å². The van der Waals surface area contributed by atoms with Crippen LogP contribution in [0.3, 0.4) is 0 Å². The Morgan fingerprint density at radius 1 is 1.32 bits per heavy atom. The minimum absolute atomic E-state index is 0.0146. The molecule has 3 aromatic rings. The van der Waals surface area contributed by atoms with E-state index in [4.69, 9.17) is 14.0 Å². The highest BCUT2D eigenvalue weighted by atomic mass is 79.9. The molecule has 1 amide bonds. The van der Waals surface area contributed by atoms with E-state index in [-0.39, 0.29) is 28.6 Å². The molecule has 0 aliphatic carbocycles. The third-order valence-electron chi connectivity index (χ3n) is 4.39. The van der Waals surface area contributed by atoms with Gasteiger partial charge >= 0.3 is 17.6 Å². The van der Waals surface area contributed by atoms with Gasteiger partial charge in [0.25, 0.3) is 0 Å². The molecular weight excluding hydrogens is 476 g/mol. The number of hydrogen-bond donors (Lipinski definition) is 1. The van der Waals surface area contributed by atoms with Gasteiger partial charge in [0.2, 0.25) is 0 Å². The molecule has 3 rings (SSSR count). The smallest absolute Gasteiger partial charge is 0.404 e. The summed E-state index contributed by atoms with van der Waals surface area (Å²) >= 11 is 3.14. The molecule has 13 heteroatoms. The maximum atomic E-state index is 12.3. The van der Waals surface area contributed by atoms with Crippen LogP contribution in [-0.4, -0.2) is 51.5 Å². The molecule has 0 fully saturated rings. The van der Waals surface area contributed by atoms with Crippen molar-refractivity contribution in [3.05, 3.63) is 55.8 Å². The third kappa shape index (κ3) is 4.99. The number of rotatable bonds is 9. The number of nitrogens with one attached hydrogen (secondary N) is 1. The Hall–Kier alpha value is -3.48. The Balaban J connectivity index is 1.58. The summed E-state index contributed by atoms with van der Waals surface area (Å²) in [5.74, 6) is 0.350. The Morgan fingerprint density at radius 3 is 2.71 bits per heavy atom. The van der Waals surface area contributed by atoms with E-state index in [0.29, 0.717) is 30.2 Å². The number of carbonyl (C=O) groups is 1. The minimum atomic E-state index is -0.596. The molecule has 0 saturated carbocycles. The summed E-state index contributed by atoms with van der Waals surface area (Å²) in [7, 11) is 3.11. The van der Waals surface area contributed by atoms with Crippen molar-refractivity contribution in [2.45, 2.75) is 19.9 Å². The van der Waals surface area contributed by atoms with Crippen molar-refractivity contribution in [1.29, 1.82) is 0 Å². The van der Waals surface area contributed by atoms with Crippen molar-refractivity contribution in [1.82, 2.24) is 25.2 Å². The van der Waals surface area contributed by atoms with Crippen LogP contribution in [0.25, 0.3) is 0 Å². The molecule has 0 aliphatic heterocycles. The van der Waals surface area contributed by atoms with E-state index >= 15 is 0 Å². The molecule has 1 N–H and O–H groups in total. The van der Waals surface area contributed by atoms with Crippen LogP contribution < -0.4 is 14.8 Å². The summed E-state index contributed by atoms with van der Waals surface area (Å²) in [4.78, 5) is 26.7. The zero-order valence-electron chi connectivity index (χ0n) is 16.9. The second-order valence-corrected chi connectivity index (χ2v) is 7.14. The number of nitro groups is 1. The number of halogens is 1. The van der Waals surface area contributed by atoms with Crippen molar-refractivity contribution < 1.29 is 23.7 Å². The van der Waals surface area contributed by atoms with E-state index in [1.807, 2.05) is 12.1 Å². The molecule has 0 unspecified atom stereocenters. The summed E-state index contributed by atoms with van der Waals surface area (Å²) in [5, 5.41) is 21.3. The van der Waals surface area contributed by atoms with Gasteiger partial charge in [0, 0.05) is 6.54 Å². The summed E-state index contributed by atoms with van der Waals surface area (Å²) in [6.07, 6.45) is 0.553. The van der Waals surface area contributed by atoms with Gasteiger partial charge in [-0.1, -0.05) is 11.2 Å². The van der Waals surface area contributed by atoms with Crippen molar-refractivity contribution >= 4 is 27.7 Å². The third-order valence-corrected chi connectivity index (χ3v) is 5.32. The monoisotopic (exact) mass is 494 g/mol. The first-order valence-corrected chi connectivity index (χ1v) is 9.82. The van der Waals surface area contributed by atoms with Crippen molar-refractivity contribution in [2.75, 3.05) is 20.8 Å². The number of aromatic nitrogens is 4.